The molecule has 0 atom stereocenters. The zero-order valence-corrected chi connectivity index (χ0v) is 12.2. The van der Waals surface area contributed by atoms with Crippen LogP contribution in [0.25, 0.3) is 0 Å². The van der Waals surface area contributed by atoms with Gasteiger partial charge >= 0.3 is 14.8 Å². The lowest BCUT2D eigenvalue weighted by molar-refractivity contribution is -0.139. The standard InChI is InChI=1S/C11H22O5Si/c1-6-7-8-16-11(12)10(2)9-17(13-3,14-4)15-5/h9H,6-8H2,1-5H3. The van der Waals surface area contributed by atoms with Gasteiger partial charge in [-0.2, -0.15) is 0 Å². The van der Waals surface area contributed by atoms with E-state index in [0.29, 0.717) is 12.2 Å². The second kappa shape index (κ2) is 8.41. The molecule has 0 saturated carbocycles. The second-order valence-electron chi connectivity index (χ2n) is 3.53. The number of carbonyl (C=O) groups excluding carboxylic acids is 1. The van der Waals surface area contributed by atoms with Crippen molar-refractivity contribution < 1.29 is 22.8 Å². The number of hydrogen-bond acceptors (Lipinski definition) is 5. The van der Waals surface area contributed by atoms with E-state index in [1.54, 1.807) is 12.6 Å². The molecule has 0 spiro atoms. The van der Waals surface area contributed by atoms with Crippen molar-refractivity contribution >= 4 is 14.8 Å². The quantitative estimate of drug-likeness (QED) is 0.288. The van der Waals surface area contributed by atoms with Gasteiger partial charge in [0.05, 0.1) is 6.61 Å². The van der Waals surface area contributed by atoms with Crippen molar-refractivity contribution in [1.82, 2.24) is 0 Å². The number of esters is 1. The molecular weight excluding hydrogens is 240 g/mol. The van der Waals surface area contributed by atoms with Gasteiger partial charge in [-0.15, -0.1) is 0 Å². The summed E-state index contributed by atoms with van der Waals surface area (Å²) in [6, 6.07) is 0. The van der Waals surface area contributed by atoms with Crippen LogP contribution in [-0.2, 0) is 22.8 Å². The van der Waals surface area contributed by atoms with Crippen LogP contribution in [0.3, 0.4) is 0 Å². The zero-order valence-electron chi connectivity index (χ0n) is 11.2. The lowest BCUT2D eigenvalue weighted by Crippen LogP contribution is -2.41. The highest BCUT2D eigenvalue weighted by Gasteiger charge is 2.36. The fourth-order valence-electron chi connectivity index (χ4n) is 1.17. The molecule has 5 nitrogen and oxygen atoms in total. The van der Waals surface area contributed by atoms with Crippen LogP contribution < -0.4 is 0 Å². The van der Waals surface area contributed by atoms with Crippen molar-refractivity contribution in [3.63, 3.8) is 0 Å². The van der Waals surface area contributed by atoms with Crippen molar-refractivity contribution in [3.8, 4) is 0 Å². The van der Waals surface area contributed by atoms with E-state index >= 15 is 0 Å². The fourth-order valence-corrected chi connectivity index (χ4v) is 2.68. The Balaban J connectivity index is 4.53. The Hall–Kier alpha value is -0.693. The molecule has 0 aromatic heterocycles. The van der Waals surface area contributed by atoms with Crippen LogP contribution in [0.2, 0.25) is 0 Å². The van der Waals surface area contributed by atoms with Crippen LogP contribution in [0.15, 0.2) is 11.3 Å². The normalized spacial score (nSPS) is 12.6. The van der Waals surface area contributed by atoms with E-state index in [-0.39, 0.29) is 5.97 Å². The zero-order chi connectivity index (χ0) is 13.3. The molecule has 0 aromatic rings. The Morgan fingerprint density at radius 1 is 1.18 bits per heavy atom. The minimum absolute atomic E-state index is 0.360. The monoisotopic (exact) mass is 262 g/mol. The second-order valence-corrected chi connectivity index (χ2v) is 6.25. The summed E-state index contributed by atoms with van der Waals surface area (Å²) >= 11 is 0. The molecule has 0 aromatic carbocycles. The Bertz CT molecular complexity index is 252. The van der Waals surface area contributed by atoms with Crippen LogP contribution >= 0.6 is 0 Å². The molecule has 0 bridgehead atoms. The average Bonchev–Trinajstić information content (AvgIpc) is 2.36. The molecule has 0 aliphatic rings. The third kappa shape index (κ3) is 5.45. The molecule has 0 rings (SSSR count). The maximum atomic E-state index is 11.6. The molecule has 0 radical (unpaired) electrons. The Morgan fingerprint density at radius 2 is 1.71 bits per heavy atom. The van der Waals surface area contributed by atoms with Crippen molar-refractivity contribution in [2.45, 2.75) is 26.7 Å². The summed E-state index contributed by atoms with van der Waals surface area (Å²) in [5, 5.41) is 0. The predicted octanol–water partition coefficient (Wildman–Crippen LogP) is 1.69. The largest absolute Gasteiger partial charge is 0.529 e. The van der Waals surface area contributed by atoms with Gasteiger partial charge < -0.3 is 18.0 Å². The van der Waals surface area contributed by atoms with Crippen LogP contribution in [-0.4, -0.2) is 42.7 Å². The van der Waals surface area contributed by atoms with Gasteiger partial charge in [0.25, 0.3) is 0 Å². The van der Waals surface area contributed by atoms with E-state index in [9.17, 15) is 4.79 Å². The summed E-state index contributed by atoms with van der Waals surface area (Å²) in [5.41, 5.74) is 2.03. The molecule has 17 heavy (non-hydrogen) atoms. The van der Waals surface area contributed by atoms with Gasteiger partial charge in [-0.05, 0) is 19.0 Å². The predicted molar refractivity (Wildman–Crippen MR) is 66.4 cm³/mol. The van der Waals surface area contributed by atoms with Crippen molar-refractivity contribution in [2.24, 2.45) is 0 Å². The molecule has 100 valence electrons. The van der Waals surface area contributed by atoms with Gasteiger partial charge in [-0.3, -0.25) is 0 Å². The summed E-state index contributed by atoms with van der Waals surface area (Å²) in [6.07, 6.45) is 1.85. The van der Waals surface area contributed by atoms with Gasteiger partial charge in [-0.1, -0.05) is 13.3 Å². The number of ether oxygens (including phenoxy) is 1. The minimum atomic E-state index is -2.85. The Kier molecular flexibility index (Phi) is 8.06. The van der Waals surface area contributed by atoms with Gasteiger partial charge in [-0.25, -0.2) is 4.79 Å². The van der Waals surface area contributed by atoms with Gasteiger partial charge in [0.15, 0.2) is 0 Å². The topological polar surface area (TPSA) is 54.0 Å². The van der Waals surface area contributed by atoms with Gasteiger partial charge in [0.1, 0.15) is 0 Å². The Labute approximate surface area is 104 Å². The number of rotatable bonds is 8. The smallest absolute Gasteiger partial charge is 0.462 e. The van der Waals surface area contributed by atoms with Crippen LogP contribution in [0.4, 0.5) is 0 Å². The maximum absolute atomic E-state index is 11.6. The molecule has 0 unspecified atom stereocenters. The third-order valence-corrected chi connectivity index (χ3v) is 4.79. The van der Waals surface area contributed by atoms with E-state index in [2.05, 4.69) is 0 Å². The summed E-state index contributed by atoms with van der Waals surface area (Å²) < 4.78 is 20.7. The molecule has 0 fully saturated rings. The lowest BCUT2D eigenvalue weighted by atomic mass is 10.3. The average molecular weight is 262 g/mol. The first-order valence-electron chi connectivity index (χ1n) is 5.57. The maximum Gasteiger partial charge on any atom is 0.529 e. The lowest BCUT2D eigenvalue weighted by Gasteiger charge is -2.21. The highest BCUT2D eigenvalue weighted by molar-refractivity contribution is 6.66. The number of unbranched alkanes of at least 4 members (excludes halogenated alkanes) is 1. The van der Waals surface area contributed by atoms with Crippen molar-refractivity contribution in [1.29, 1.82) is 0 Å². The molecule has 0 aliphatic heterocycles. The minimum Gasteiger partial charge on any atom is -0.462 e. The van der Waals surface area contributed by atoms with E-state index in [4.69, 9.17) is 18.0 Å². The van der Waals surface area contributed by atoms with Gasteiger partial charge in [0.2, 0.25) is 0 Å². The van der Waals surface area contributed by atoms with E-state index in [1.165, 1.54) is 21.3 Å². The molecule has 0 heterocycles. The van der Waals surface area contributed by atoms with Crippen LogP contribution in [0.5, 0.6) is 0 Å². The number of hydrogen-bond donors (Lipinski definition) is 0. The summed E-state index contributed by atoms with van der Waals surface area (Å²) in [5.74, 6) is -0.360. The van der Waals surface area contributed by atoms with Crippen LogP contribution in [0, 0.1) is 0 Å². The molecular formula is C11H22O5Si. The number of carbonyl (C=O) groups is 1. The first-order chi connectivity index (χ1) is 8.05. The fraction of sp³-hybridized carbons (Fsp3) is 0.727. The van der Waals surface area contributed by atoms with Crippen molar-refractivity contribution in [3.05, 3.63) is 11.3 Å². The Morgan fingerprint density at radius 3 is 2.12 bits per heavy atom. The highest BCUT2D eigenvalue weighted by atomic mass is 28.4. The van der Waals surface area contributed by atoms with Crippen LogP contribution in [0.1, 0.15) is 26.7 Å². The van der Waals surface area contributed by atoms with Crippen molar-refractivity contribution in [2.75, 3.05) is 27.9 Å². The first-order valence-corrected chi connectivity index (χ1v) is 7.37. The third-order valence-electron chi connectivity index (χ3n) is 2.30. The summed E-state index contributed by atoms with van der Waals surface area (Å²) in [4.78, 5) is 11.6. The summed E-state index contributed by atoms with van der Waals surface area (Å²) in [7, 11) is 1.62. The SMILES string of the molecule is CCCCOC(=O)C(C)=C[Si](OC)(OC)OC. The molecule has 0 saturated heterocycles. The van der Waals surface area contributed by atoms with Gasteiger partial charge in [0, 0.05) is 26.9 Å². The van der Waals surface area contributed by atoms with E-state index in [1.807, 2.05) is 6.92 Å². The first kappa shape index (κ1) is 16.3. The molecule has 0 N–H and O–H groups in total. The van der Waals surface area contributed by atoms with E-state index < -0.39 is 8.80 Å². The highest BCUT2D eigenvalue weighted by Crippen LogP contribution is 2.12. The summed E-state index contributed by atoms with van der Waals surface area (Å²) in [6.45, 7) is 4.13. The molecule has 6 heteroatoms. The van der Waals surface area contributed by atoms with E-state index in [0.717, 1.165) is 12.8 Å². The molecule has 0 aliphatic carbocycles. The molecule has 0 amide bonds.